The number of furan rings is 1. The van der Waals surface area contributed by atoms with Gasteiger partial charge in [0.05, 0.1) is 12.3 Å². The maximum Gasteiger partial charge on any atom is 0.238 e. The van der Waals surface area contributed by atoms with Crippen molar-refractivity contribution < 1.29 is 13.7 Å². The summed E-state index contributed by atoms with van der Waals surface area (Å²) in [5.74, 6) is 1.45. The maximum absolute atomic E-state index is 13.1. The molecule has 1 aliphatic heterocycles. The first-order valence-corrected chi connectivity index (χ1v) is 9.65. The second-order valence-corrected chi connectivity index (χ2v) is 7.02. The van der Waals surface area contributed by atoms with Crippen LogP contribution in [0, 0.1) is 0 Å². The number of hydrogen-bond acceptors (Lipinski definition) is 5. The second-order valence-electron chi connectivity index (χ2n) is 7.02. The van der Waals surface area contributed by atoms with Gasteiger partial charge in [0.25, 0.3) is 0 Å². The highest BCUT2D eigenvalue weighted by Gasteiger charge is 2.31. The van der Waals surface area contributed by atoms with Gasteiger partial charge in [0, 0.05) is 37.8 Å². The molecule has 7 nitrogen and oxygen atoms in total. The summed E-state index contributed by atoms with van der Waals surface area (Å²) in [5.41, 5.74) is 2.24. The van der Waals surface area contributed by atoms with Gasteiger partial charge in [-0.25, -0.2) is 0 Å². The molecule has 0 fully saturated rings. The number of aryl methyl sites for hydroxylation is 1. The Balaban J connectivity index is 1.33. The number of fused-ring (bicyclic) bond motifs is 1. The minimum atomic E-state index is -0.0891. The number of carbonyl (C=O) groups is 1. The average Bonchev–Trinajstić information content (AvgIpc) is 3.52. The normalized spacial score (nSPS) is 16.0. The van der Waals surface area contributed by atoms with Crippen molar-refractivity contribution >= 4 is 5.91 Å². The molecule has 0 saturated carbocycles. The van der Waals surface area contributed by atoms with E-state index in [4.69, 9.17) is 8.94 Å². The Morgan fingerprint density at radius 1 is 1.07 bits per heavy atom. The van der Waals surface area contributed by atoms with Gasteiger partial charge < -0.3 is 18.4 Å². The van der Waals surface area contributed by atoms with E-state index in [2.05, 4.69) is 39.1 Å². The van der Waals surface area contributed by atoms with E-state index < -0.39 is 0 Å². The van der Waals surface area contributed by atoms with E-state index in [0.29, 0.717) is 36.9 Å². The first-order valence-electron chi connectivity index (χ1n) is 9.65. The summed E-state index contributed by atoms with van der Waals surface area (Å²) in [4.78, 5) is 19.4. The summed E-state index contributed by atoms with van der Waals surface area (Å²) in [6.07, 6.45) is 4.34. The van der Waals surface area contributed by atoms with Crippen LogP contribution in [0.2, 0.25) is 0 Å². The summed E-state index contributed by atoms with van der Waals surface area (Å²) in [6.45, 7) is 1.46. The van der Waals surface area contributed by atoms with Crippen LogP contribution in [0.15, 0.2) is 76.0 Å². The lowest BCUT2D eigenvalue weighted by molar-refractivity contribution is -0.134. The molecule has 1 atom stereocenters. The lowest BCUT2D eigenvalue weighted by Crippen LogP contribution is -2.42. The Morgan fingerprint density at radius 2 is 1.97 bits per heavy atom. The van der Waals surface area contributed by atoms with Gasteiger partial charge in [0.1, 0.15) is 0 Å². The summed E-state index contributed by atoms with van der Waals surface area (Å²) >= 11 is 0. The van der Waals surface area contributed by atoms with Gasteiger partial charge in [-0.3, -0.25) is 4.79 Å². The Morgan fingerprint density at radius 3 is 2.79 bits per heavy atom. The van der Waals surface area contributed by atoms with E-state index in [1.807, 2.05) is 29.2 Å². The van der Waals surface area contributed by atoms with Crippen LogP contribution in [0.5, 0.6) is 0 Å². The van der Waals surface area contributed by atoms with E-state index in [-0.39, 0.29) is 11.9 Å². The van der Waals surface area contributed by atoms with Gasteiger partial charge in [-0.15, -0.1) is 0 Å². The quantitative estimate of drug-likeness (QED) is 0.521. The van der Waals surface area contributed by atoms with Crippen molar-refractivity contribution in [2.75, 3.05) is 6.54 Å². The smallest absolute Gasteiger partial charge is 0.238 e. The lowest BCUT2D eigenvalue weighted by Gasteiger charge is -2.37. The highest BCUT2D eigenvalue weighted by atomic mass is 16.5. The SMILES string of the molecule is O=C(CCc1nc(-c2ccco2)no1)N1CCn2cccc2C1c1ccccc1. The summed E-state index contributed by atoms with van der Waals surface area (Å²) < 4.78 is 12.8. The predicted molar refractivity (Wildman–Crippen MR) is 105 cm³/mol. The molecule has 5 rings (SSSR count). The molecule has 0 N–H and O–H groups in total. The minimum absolute atomic E-state index is 0.0732. The highest BCUT2D eigenvalue weighted by molar-refractivity contribution is 5.77. The molecule has 0 spiro atoms. The van der Waals surface area contributed by atoms with Gasteiger partial charge in [0.2, 0.25) is 17.6 Å². The molecule has 1 aromatic carbocycles. The molecule has 0 aliphatic carbocycles. The number of amides is 1. The van der Waals surface area contributed by atoms with Gasteiger partial charge in [-0.1, -0.05) is 35.5 Å². The predicted octanol–water partition coefficient (Wildman–Crippen LogP) is 3.70. The van der Waals surface area contributed by atoms with E-state index in [1.165, 1.54) is 0 Å². The van der Waals surface area contributed by atoms with Crippen LogP contribution in [0.3, 0.4) is 0 Å². The molecule has 4 aromatic rings. The van der Waals surface area contributed by atoms with Crippen molar-refractivity contribution in [1.29, 1.82) is 0 Å². The maximum atomic E-state index is 13.1. The average molecular weight is 388 g/mol. The zero-order valence-corrected chi connectivity index (χ0v) is 15.8. The molecule has 146 valence electrons. The number of aromatic nitrogens is 3. The van der Waals surface area contributed by atoms with Gasteiger partial charge in [-0.05, 0) is 29.8 Å². The molecular formula is C22H20N4O3. The molecule has 0 radical (unpaired) electrons. The van der Waals surface area contributed by atoms with Crippen LogP contribution < -0.4 is 0 Å². The van der Waals surface area contributed by atoms with Crippen LogP contribution in [-0.2, 0) is 17.8 Å². The van der Waals surface area contributed by atoms with Crippen molar-refractivity contribution in [3.63, 3.8) is 0 Å². The zero-order valence-electron chi connectivity index (χ0n) is 15.8. The van der Waals surface area contributed by atoms with Crippen molar-refractivity contribution in [2.45, 2.75) is 25.4 Å². The van der Waals surface area contributed by atoms with E-state index in [9.17, 15) is 4.79 Å². The van der Waals surface area contributed by atoms with Gasteiger partial charge in [0.15, 0.2) is 5.76 Å². The fourth-order valence-electron chi connectivity index (χ4n) is 3.86. The molecular weight excluding hydrogens is 368 g/mol. The Bertz CT molecular complexity index is 1100. The number of nitrogens with zero attached hydrogens (tertiary/aromatic N) is 4. The number of carbonyl (C=O) groups excluding carboxylic acids is 1. The summed E-state index contributed by atoms with van der Waals surface area (Å²) in [7, 11) is 0. The zero-order chi connectivity index (χ0) is 19.6. The first kappa shape index (κ1) is 17.5. The highest BCUT2D eigenvalue weighted by Crippen LogP contribution is 2.32. The number of hydrogen-bond donors (Lipinski definition) is 0. The summed E-state index contributed by atoms with van der Waals surface area (Å²) in [6, 6.07) is 17.7. The Kier molecular flexibility index (Phi) is 4.48. The van der Waals surface area contributed by atoms with E-state index >= 15 is 0 Å². The first-order chi connectivity index (χ1) is 14.3. The molecule has 0 saturated heterocycles. The number of benzene rings is 1. The van der Waals surface area contributed by atoms with Crippen LogP contribution in [0.4, 0.5) is 0 Å². The van der Waals surface area contributed by atoms with Crippen molar-refractivity contribution in [2.24, 2.45) is 0 Å². The molecule has 29 heavy (non-hydrogen) atoms. The van der Waals surface area contributed by atoms with Crippen LogP contribution in [0.25, 0.3) is 11.6 Å². The standard InChI is InChI=1S/C22H20N4O3/c27-20(11-10-19-23-22(24-29-19)18-9-5-15-28-18)26-14-13-25-12-4-8-17(25)21(26)16-6-2-1-3-7-16/h1-9,12,15,21H,10-11,13-14H2. The van der Waals surface area contributed by atoms with Gasteiger partial charge >= 0.3 is 0 Å². The van der Waals surface area contributed by atoms with E-state index in [1.54, 1.807) is 18.4 Å². The fraction of sp³-hybridized carbons (Fsp3) is 0.227. The third kappa shape index (κ3) is 3.35. The molecule has 4 heterocycles. The molecule has 1 aliphatic rings. The largest absolute Gasteiger partial charge is 0.461 e. The van der Waals surface area contributed by atoms with Crippen LogP contribution in [-0.4, -0.2) is 32.1 Å². The van der Waals surface area contributed by atoms with Crippen molar-refractivity contribution in [3.8, 4) is 11.6 Å². The molecule has 1 unspecified atom stereocenters. The van der Waals surface area contributed by atoms with Crippen LogP contribution in [0.1, 0.15) is 29.6 Å². The van der Waals surface area contributed by atoms with Crippen molar-refractivity contribution in [3.05, 3.63) is 84.2 Å². The van der Waals surface area contributed by atoms with E-state index in [0.717, 1.165) is 17.8 Å². The molecule has 1 amide bonds. The lowest BCUT2D eigenvalue weighted by atomic mass is 9.99. The molecule has 7 heteroatoms. The Labute approximate surface area is 167 Å². The topological polar surface area (TPSA) is 77.3 Å². The molecule has 0 bridgehead atoms. The number of rotatable bonds is 5. The third-order valence-electron chi connectivity index (χ3n) is 5.24. The second kappa shape index (κ2) is 7.43. The third-order valence-corrected chi connectivity index (χ3v) is 5.24. The molecule has 3 aromatic heterocycles. The van der Waals surface area contributed by atoms with Crippen LogP contribution >= 0.6 is 0 Å². The Hall–Kier alpha value is -3.61. The fourth-order valence-corrected chi connectivity index (χ4v) is 3.86. The van der Waals surface area contributed by atoms with Gasteiger partial charge in [-0.2, -0.15) is 4.98 Å². The monoisotopic (exact) mass is 388 g/mol. The summed E-state index contributed by atoms with van der Waals surface area (Å²) in [5, 5.41) is 3.93. The van der Waals surface area contributed by atoms with Crippen molar-refractivity contribution in [1.82, 2.24) is 19.6 Å². The minimum Gasteiger partial charge on any atom is -0.461 e.